The molecule has 0 saturated carbocycles. The second-order valence-corrected chi connectivity index (χ2v) is 5.27. The van der Waals surface area contributed by atoms with Crippen LogP contribution in [-0.2, 0) is 6.54 Å². The van der Waals surface area contributed by atoms with Gasteiger partial charge in [0.2, 0.25) is 5.89 Å². The summed E-state index contributed by atoms with van der Waals surface area (Å²) in [5, 5.41) is 18.1. The Morgan fingerprint density at radius 2 is 2.16 bits per heavy atom. The predicted molar refractivity (Wildman–Crippen MR) is 69.4 cm³/mol. The van der Waals surface area contributed by atoms with Gasteiger partial charge in [-0.25, -0.2) is 4.79 Å². The summed E-state index contributed by atoms with van der Waals surface area (Å²) in [5.74, 6) is 0.928. The molecule has 3 N–H and O–H groups in total. The van der Waals surface area contributed by atoms with Gasteiger partial charge in [-0.1, -0.05) is 19.0 Å². The van der Waals surface area contributed by atoms with Gasteiger partial charge in [0, 0.05) is 13.2 Å². The molecule has 1 rings (SSSR count). The first kappa shape index (κ1) is 15.4. The molecule has 1 aromatic rings. The molecule has 0 aliphatic heterocycles. The number of aryl methyl sites for hydroxylation is 1. The van der Waals surface area contributed by atoms with Crippen LogP contribution < -0.4 is 10.6 Å². The predicted octanol–water partition coefficient (Wildman–Crippen LogP) is 0.976. The molecule has 0 atom stereocenters. The number of amides is 2. The summed E-state index contributed by atoms with van der Waals surface area (Å²) in [7, 11) is 0. The highest BCUT2D eigenvalue weighted by Gasteiger charge is 2.15. The monoisotopic (exact) mass is 270 g/mol. The Morgan fingerprint density at radius 1 is 1.42 bits per heavy atom. The molecule has 0 saturated heterocycles. The maximum absolute atomic E-state index is 11.5. The number of carbonyl (C=O) groups excluding carboxylic acids is 1. The quantitative estimate of drug-likeness (QED) is 0.641. The zero-order chi connectivity index (χ0) is 14.3. The lowest BCUT2D eigenvalue weighted by Gasteiger charge is -2.21. The van der Waals surface area contributed by atoms with Gasteiger partial charge in [-0.3, -0.25) is 0 Å². The fraction of sp³-hybridized carbons (Fsp3) is 0.750. The van der Waals surface area contributed by atoms with Crippen molar-refractivity contribution in [2.75, 3.05) is 13.2 Å². The third-order valence-corrected chi connectivity index (χ3v) is 2.71. The van der Waals surface area contributed by atoms with Crippen LogP contribution in [0.25, 0.3) is 0 Å². The minimum atomic E-state index is -0.266. The van der Waals surface area contributed by atoms with E-state index >= 15 is 0 Å². The van der Waals surface area contributed by atoms with Crippen molar-refractivity contribution in [1.29, 1.82) is 0 Å². The van der Waals surface area contributed by atoms with Crippen LogP contribution in [0.15, 0.2) is 4.52 Å². The lowest BCUT2D eigenvalue weighted by atomic mass is 9.89. The number of aliphatic hydroxyl groups excluding tert-OH is 1. The fourth-order valence-electron chi connectivity index (χ4n) is 1.48. The lowest BCUT2D eigenvalue weighted by Crippen LogP contribution is -2.36. The van der Waals surface area contributed by atoms with Crippen molar-refractivity contribution in [3.8, 4) is 0 Å². The molecule has 1 heterocycles. The molecular weight excluding hydrogens is 248 g/mol. The second kappa shape index (κ2) is 7.08. The first-order valence-electron chi connectivity index (χ1n) is 6.35. The summed E-state index contributed by atoms with van der Waals surface area (Å²) in [6, 6.07) is -0.266. The van der Waals surface area contributed by atoms with Crippen LogP contribution in [0.4, 0.5) is 4.79 Å². The lowest BCUT2D eigenvalue weighted by molar-refractivity contribution is 0.148. The Morgan fingerprint density at radius 3 is 2.74 bits per heavy atom. The number of aromatic nitrogens is 2. The molecule has 0 unspecified atom stereocenters. The zero-order valence-electron chi connectivity index (χ0n) is 11.7. The number of urea groups is 1. The van der Waals surface area contributed by atoms with Gasteiger partial charge in [0.25, 0.3) is 0 Å². The largest absolute Gasteiger partial charge is 0.396 e. The molecule has 0 aliphatic carbocycles. The molecule has 108 valence electrons. The van der Waals surface area contributed by atoms with Crippen LogP contribution in [0.3, 0.4) is 0 Å². The Hall–Kier alpha value is -1.63. The van der Waals surface area contributed by atoms with E-state index in [2.05, 4.69) is 20.8 Å². The first-order valence-corrected chi connectivity index (χ1v) is 6.35. The van der Waals surface area contributed by atoms with Crippen molar-refractivity contribution in [2.45, 2.75) is 40.2 Å². The highest BCUT2D eigenvalue weighted by Crippen LogP contribution is 2.20. The summed E-state index contributed by atoms with van der Waals surface area (Å²) in [6.07, 6.45) is 1.67. The minimum Gasteiger partial charge on any atom is -0.396 e. The van der Waals surface area contributed by atoms with Crippen molar-refractivity contribution < 1.29 is 14.4 Å². The minimum absolute atomic E-state index is 0.0978. The standard InChI is InChI=1S/C12H22N4O3/c1-9-15-10(19-16-9)7-14-11(18)13-6-4-5-12(2,3)8-17/h17H,4-8H2,1-3H3,(H2,13,14,18). The average molecular weight is 270 g/mol. The van der Waals surface area contributed by atoms with Crippen LogP contribution in [-0.4, -0.2) is 34.4 Å². The SMILES string of the molecule is Cc1noc(CNC(=O)NCCCC(C)(C)CO)n1. The van der Waals surface area contributed by atoms with E-state index in [0.717, 1.165) is 12.8 Å². The third-order valence-electron chi connectivity index (χ3n) is 2.71. The number of hydrogen-bond acceptors (Lipinski definition) is 5. The second-order valence-electron chi connectivity index (χ2n) is 5.27. The normalized spacial score (nSPS) is 11.4. The van der Waals surface area contributed by atoms with Gasteiger partial charge in [-0.2, -0.15) is 4.98 Å². The molecule has 7 nitrogen and oxygen atoms in total. The van der Waals surface area contributed by atoms with E-state index in [1.165, 1.54) is 0 Å². The van der Waals surface area contributed by atoms with Crippen LogP contribution in [0.5, 0.6) is 0 Å². The molecular formula is C12H22N4O3. The van der Waals surface area contributed by atoms with E-state index in [9.17, 15) is 4.79 Å². The van der Waals surface area contributed by atoms with E-state index in [1.54, 1.807) is 6.92 Å². The summed E-state index contributed by atoms with van der Waals surface area (Å²) in [6.45, 7) is 6.63. The summed E-state index contributed by atoms with van der Waals surface area (Å²) >= 11 is 0. The van der Waals surface area contributed by atoms with Gasteiger partial charge >= 0.3 is 6.03 Å². The van der Waals surface area contributed by atoms with Gasteiger partial charge in [0.1, 0.15) is 0 Å². The number of aliphatic hydroxyl groups is 1. The molecule has 0 aromatic carbocycles. The third kappa shape index (κ3) is 6.19. The van der Waals surface area contributed by atoms with Crippen LogP contribution in [0.1, 0.15) is 38.4 Å². The van der Waals surface area contributed by atoms with Gasteiger partial charge in [-0.05, 0) is 25.2 Å². The van der Waals surface area contributed by atoms with E-state index in [0.29, 0.717) is 18.3 Å². The van der Waals surface area contributed by atoms with Crippen LogP contribution >= 0.6 is 0 Å². The van der Waals surface area contributed by atoms with E-state index in [-0.39, 0.29) is 24.6 Å². The van der Waals surface area contributed by atoms with Gasteiger partial charge in [0.15, 0.2) is 5.82 Å². The maximum Gasteiger partial charge on any atom is 0.315 e. The number of hydrogen-bond donors (Lipinski definition) is 3. The zero-order valence-corrected chi connectivity index (χ0v) is 11.7. The van der Waals surface area contributed by atoms with Crippen molar-refractivity contribution in [2.24, 2.45) is 5.41 Å². The molecule has 0 fully saturated rings. The molecule has 0 aliphatic rings. The first-order chi connectivity index (χ1) is 8.93. The number of nitrogens with zero attached hydrogens (tertiary/aromatic N) is 2. The Labute approximate surface area is 112 Å². The highest BCUT2D eigenvalue weighted by molar-refractivity contribution is 5.73. The van der Waals surface area contributed by atoms with Crippen molar-refractivity contribution in [3.05, 3.63) is 11.7 Å². The smallest absolute Gasteiger partial charge is 0.315 e. The Kier molecular flexibility index (Phi) is 5.75. The van der Waals surface area contributed by atoms with Crippen molar-refractivity contribution >= 4 is 6.03 Å². The molecule has 0 bridgehead atoms. The summed E-state index contributed by atoms with van der Waals surface area (Å²) in [5.41, 5.74) is -0.0978. The van der Waals surface area contributed by atoms with E-state index in [4.69, 9.17) is 9.63 Å². The molecule has 0 radical (unpaired) electrons. The highest BCUT2D eigenvalue weighted by atomic mass is 16.5. The van der Waals surface area contributed by atoms with Crippen LogP contribution in [0.2, 0.25) is 0 Å². The maximum atomic E-state index is 11.5. The Balaban J connectivity index is 2.11. The number of nitrogens with one attached hydrogen (secondary N) is 2. The van der Waals surface area contributed by atoms with Crippen molar-refractivity contribution in [1.82, 2.24) is 20.8 Å². The molecule has 1 aromatic heterocycles. The van der Waals surface area contributed by atoms with Gasteiger partial charge in [0.05, 0.1) is 6.54 Å². The molecule has 0 spiro atoms. The molecule has 19 heavy (non-hydrogen) atoms. The van der Waals surface area contributed by atoms with E-state index < -0.39 is 0 Å². The van der Waals surface area contributed by atoms with E-state index in [1.807, 2.05) is 13.8 Å². The molecule has 7 heteroatoms. The fourth-order valence-corrected chi connectivity index (χ4v) is 1.48. The van der Waals surface area contributed by atoms with Gasteiger partial charge in [-0.15, -0.1) is 0 Å². The Bertz CT molecular complexity index is 403. The average Bonchev–Trinajstić information content (AvgIpc) is 2.78. The topological polar surface area (TPSA) is 100 Å². The van der Waals surface area contributed by atoms with Crippen LogP contribution in [0, 0.1) is 12.3 Å². The molecule has 2 amide bonds. The summed E-state index contributed by atoms with van der Waals surface area (Å²) in [4.78, 5) is 15.4. The summed E-state index contributed by atoms with van der Waals surface area (Å²) < 4.78 is 4.87. The number of rotatable bonds is 7. The van der Waals surface area contributed by atoms with Gasteiger partial charge < -0.3 is 20.3 Å². The number of carbonyl (C=O) groups is 1. The van der Waals surface area contributed by atoms with Crippen molar-refractivity contribution in [3.63, 3.8) is 0 Å².